The molecule has 2 N–H and O–H groups in total. The maximum atomic E-state index is 11.7. The number of ether oxygens (including phenoxy) is 1. The van der Waals surface area contributed by atoms with Crippen molar-refractivity contribution in [2.45, 2.75) is 39.2 Å². The van der Waals surface area contributed by atoms with Gasteiger partial charge in [0.05, 0.1) is 0 Å². The normalized spacial score (nSPS) is 26.5. The largest absolute Gasteiger partial charge is 0.384 e. The molecule has 0 aliphatic carbocycles. The molecular weight excluding hydrogens is 216 g/mol. The van der Waals surface area contributed by atoms with Crippen LogP contribution in [0.15, 0.2) is 0 Å². The van der Waals surface area contributed by atoms with Crippen LogP contribution in [0.2, 0.25) is 0 Å². The minimum Gasteiger partial charge on any atom is -0.384 e. The number of nitrogens with one attached hydrogen (secondary N) is 2. The molecule has 1 fully saturated rings. The van der Waals surface area contributed by atoms with E-state index in [-0.39, 0.29) is 11.8 Å². The Morgan fingerprint density at radius 2 is 2.35 bits per heavy atom. The standard InChI is InChI=1S/C13H26N2O2/c1-10(9-17-3)7-13(16)15-8-12-11(2)5-4-6-14-12/h10-12,14H,4-9H2,1-3H3,(H,15,16). The van der Waals surface area contributed by atoms with E-state index in [0.29, 0.717) is 25.0 Å². The summed E-state index contributed by atoms with van der Waals surface area (Å²) in [6.07, 6.45) is 3.05. The topological polar surface area (TPSA) is 50.4 Å². The second-order valence-electron chi connectivity index (χ2n) is 5.25. The molecule has 0 spiro atoms. The number of hydrogen-bond acceptors (Lipinski definition) is 3. The van der Waals surface area contributed by atoms with Crippen LogP contribution in [-0.2, 0) is 9.53 Å². The van der Waals surface area contributed by atoms with Crippen molar-refractivity contribution in [2.24, 2.45) is 11.8 Å². The summed E-state index contributed by atoms with van der Waals surface area (Å²) >= 11 is 0. The van der Waals surface area contributed by atoms with Gasteiger partial charge in [-0.1, -0.05) is 13.8 Å². The summed E-state index contributed by atoms with van der Waals surface area (Å²) in [4.78, 5) is 11.7. The lowest BCUT2D eigenvalue weighted by Crippen LogP contribution is -2.48. The molecule has 4 nitrogen and oxygen atoms in total. The Balaban J connectivity index is 2.18. The smallest absolute Gasteiger partial charge is 0.220 e. The fraction of sp³-hybridized carbons (Fsp3) is 0.923. The first-order valence-corrected chi connectivity index (χ1v) is 6.62. The van der Waals surface area contributed by atoms with Gasteiger partial charge in [0.25, 0.3) is 0 Å². The van der Waals surface area contributed by atoms with Gasteiger partial charge in [-0.15, -0.1) is 0 Å². The number of carbonyl (C=O) groups excluding carboxylic acids is 1. The van der Waals surface area contributed by atoms with E-state index >= 15 is 0 Å². The fourth-order valence-corrected chi connectivity index (χ4v) is 2.34. The Kier molecular flexibility index (Phi) is 6.52. The van der Waals surface area contributed by atoms with E-state index in [4.69, 9.17) is 4.74 Å². The van der Waals surface area contributed by atoms with Gasteiger partial charge < -0.3 is 15.4 Å². The molecule has 1 saturated heterocycles. The number of amides is 1. The Morgan fingerprint density at radius 1 is 1.59 bits per heavy atom. The number of rotatable bonds is 6. The van der Waals surface area contributed by atoms with Crippen LogP contribution in [0.4, 0.5) is 0 Å². The fourth-order valence-electron chi connectivity index (χ4n) is 2.34. The molecule has 4 heteroatoms. The van der Waals surface area contributed by atoms with Gasteiger partial charge in [-0.3, -0.25) is 4.79 Å². The third-order valence-corrected chi connectivity index (χ3v) is 3.43. The van der Waals surface area contributed by atoms with Crippen LogP contribution >= 0.6 is 0 Å². The molecule has 0 aromatic rings. The number of carbonyl (C=O) groups is 1. The van der Waals surface area contributed by atoms with Crippen molar-refractivity contribution in [1.82, 2.24) is 10.6 Å². The molecule has 1 amide bonds. The maximum Gasteiger partial charge on any atom is 0.220 e. The molecule has 1 rings (SSSR count). The molecule has 17 heavy (non-hydrogen) atoms. The molecule has 1 heterocycles. The van der Waals surface area contributed by atoms with Gasteiger partial charge in [-0.05, 0) is 31.2 Å². The van der Waals surface area contributed by atoms with E-state index in [1.165, 1.54) is 12.8 Å². The molecule has 0 bridgehead atoms. The van der Waals surface area contributed by atoms with Gasteiger partial charge in [0.2, 0.25) is 5.91 Å². The van der Waals surface area contributed by atoms with E-state index in [1.807, 2.05) is 6.92 Å². The van der Waals surface area contributed by atoms with Gasteiger partial charge in [-0.2, -0.15) is 0 Å². The second kappa shape index (κ2) is 7.67. The molecular formula is C13H26N2O2. The average Bonchev–Trinajstić information content (AvgIpc) is 2.28. The van der Waals surface area contributed by atoms with Crippen LogP contribution in [0.25, 0.3) is 0 Å². The molecule has 3 unspecified atom stereocenters. The van der Waals surface area contributed by atoms with E-state index in [0.717, 1.165) is 13.1 Å². The quantitative estimate of drug-likeness (QED) is 0.735. The predicted octanol–water partition coefficient (Wildman–Crippen LogP) is 1.16. The van der Waals surface area contributed by atoms with Crippen molar-refractivity contribution in [2.75, 3.05) is 26.8 Å². The molecule has 0 aromatic carbocycles. The highest BCUT2D eigenvalue weighted by Gasteiger charge is 2.21. The van der Waals surface area contributed by atoms with Gasteiger partial charge in [-0.25, -0.2) is 0 Å². The van der Waals surface area contributed by atoms with E-state index in [1.54, 1.807) is 7.11 Å². The highest BCUT2D eigenvalue weighted by Crippen LogP contribution is 2.14. The number of piperidine rings is 1. The lowest BCUT2D eigenvalue weighted by atomic mass is 9.93. The van der Waals surface area contributed by atoms with Crippen molar-refractivity contribution in [3.63, 3.8) is 0 Å². The SMILES string of the molecule is COCC(C)CC(=O)NCC1NCCCC1C. The first-order chi connectivity index (χ1) is 8.13. The molecule has 1 aliphatic rings. The van der Waals surface area contributed by atoms with Gasteiger partial charge in [0, 0.05) is 32.7 Å². The summed E-state index contributed by atoms with van der Waals surface area (Å²) < 4.78 is 5.02. The Labute approximate surface area is 104 Å². The Hall–Kier alpha value is -0.610. The van der Waals surface area contributed by atoms with Crippen molar-refractivity contribution < 1.29 is 9.53 Å². The van der Waals surface area contributed by atoms with Crippen LogP contribution in [-0.4, -0.2) is 38.8 Å². The minimum atomic E-state index is 0.133. The van der Waals surface area contributed by atoms with Gasteiger partial charge in [0.1, 0.15) is 0 Å². The van der Waals surface area contributed by atoms with E-state index in [2.05, 4.69) is 17.6 Å². The van der Waals surface area contributed by atoms with Gasteiger partial charge in [0.15, 0.2) is 0 Å². The summed E-state index contributed by atoms with van der Waals surface area (Å²) in [7, 11) is 1.67. The first-order valence-electron chi connectivity index (χ1n) is 6.62. The Morgan fingerprint density at radius 3 is 3.00 bits per heavy atom. The Bertz CT molecular complexity index is 233. The lowest BCUT2D eigenvalue weighted by Gasteiger charge is -2.30. The van der Waals surface area contributed by atoms with Crippen LogP contribution in [0.3, 0.4) is 0 Å². The third-order valence-electron chi connectivity index (χ3n) is 3.43. The van der Waals surface area contributed by atoms with E-state index < -0.39 is 0 Å². The zero-order valence-electron chi connectivity index (χ0n) is 11.3. The van der Waals surface area contributed by atoms with Crippen LogP contribution < -0.4 is 10.6 Å². The van der Waals surface area contributed by atoms with Gasteiger partial charge >= 0.3 is 0 Å². The molecule has 1 aliphatic heterocycles. The highest BCUT2D eigenvalue weighted by molar-refractivity contribution is 5.76. The van der Waals surface area contributed by atoms with Crippen molar-refractivity contribution in [1.29, 1.82) is 0 Å². The zero-order chi connectivity index (χ0) is 12.7. The lowest BCUT2D eigenvalue weighted by molar-refractivity contribution is -0.122. The molecule has 0 aromatic heterocycles. The summed E-state index contributed by atoms with van der Waals surface area (Å²) in [6, 6.07) is 0.436. The number of methoxy groups -OCH3 is 1. The first kappa shape index (κ1) is 14.5. The molecule has 100 valence electrons. The zero-order valence-corrected chi connectivity index (χ0v) is 11.3. The minimum absolute atomic E-state index is 0.133. The third kappa shape index (κ3) is 5.50. The van der Waals surface area contributed by atoms with Crippen molar-refractivity contribution in [3.05, 3.63) is 0 Å². The molecule has 0 radical (unpaired) electrons. The van der Waals surface area contributed by atoms with Crippen LogP contribution in [0.5, 0.6) is 0 Å². The van der Waals surface area contributed by atoms with Crippen molar-refractivity contribution in [3.8, 4) is 0 Å². The summed E-state index contributed by atoms with van der Waals surface area (Å²) in [5.74, 6) is 1.08. The van der Waals surface area contributed by atoms with Crippen molar-refractivity contribution >= 4 is 5.91 Å². The molecule has 0 saturated carbocycles. The van der Waals surface area contributed by atoms with Crippen LogP contribution in [0, 0.1) is 11.8 Å². The monoisotopic (exact) mass is 242 g/mol. The van der Waals surface area contributed by atoms with Crippen LogP contribution in [0.1, 0.15) is 33.1 Å². The highest BCUT2D eigenvalue weighted by atomic mass is 16.5. The summed E-state index contributed by atoms with van der Waals surface area (Å²) in [5.41, 5.74) is 0. The summed E-state index contributed by atoms with van der Waals surface area (Å²) in [6.45, 7) is 6.75. The maximum absolute atomic E-state index is 11.7. The average molecular weight is 242 g/mol. The van der Waals surface area contributed by atoms with E-state index in [9.17, 15) is 4.79 Å². The number of hydrogen-bond donors (Lipinski definition) is 2. The predicted molar refractivity (Wildman–Crippen MR) is 68.9 cm³/mol. The molecule has 3 atom stereocenters. The second-order valence-corrected chi connectivity index (χ2v) is 5.25. The summed E-state index contributed by atoms with van der Waals surface area (Å²) in [5, 5.41) is 6.48.